The van der Waals surface area contributed by atoms with Crippen molar-refractivity contribution in [2.24, 2.45) is 0 Å². The third kappa shape index (κ3) is 10.3. The van der Waals surface area contributed by atoms with E-state index in [1.165, 1.54) is 57.0 Å². The van der Waals surface area contributed by atoms with Crippen molar-refractivity contribution in [3.05, 3.63) is 34.4 Å². The van der Waals surface area contributed by atoms with Crippen LogP contribution in [0.1, 0.15) is 33.1 Å². The van der Waals surface area contributed by atoms with Crippen molar-refractivity contribution in [2.75, 3.05) is 19.0 Å². The van der Waals surface area contributed by atoms with Gasteiger partial charge in [-0.1, -0.05) is 19.8 Å². The van der Waals surface area contributed by atoms with Crippen LogP contribution in [-0.2, 0) is 4.79 Å². The minimum absolute atomic E-state index is 0.0124. The molecule has 0 radical (unpaired) electrons. The number of unbranched alkanes of at least 4 members (excludes halogenated alkanes) is 2. The quantitative estimate of drug-likeness (QED) is 0.408. The fraction of sp³-hybridized carbons (Fsp3) is 0.500. The molecule has 1 aromatic rings. The van der Waals surface area contributed by atoms with Crippen LogP contribution in [0, 0.1) is 10.1 Å². The summed E-state index contributed by atoms with van der Waals surface area (Å²) in [5, 5.41) is 13.4. The number of hydrogen-bond acceptors (Lipinski definition) is 5. The largest absolute Gasteiger partial charge is 0.320 e. The summed E-state index contributed by atoms with van der Waals surface area (Å²) in [5.41, 5.74) is 5.54. The Morgan fingerprint density at radius 1 is 1.24 bits per heavy atom. The molecule has 0 spiro atoms. The van der Waals surface area contributed by atoms with E-state index in [0.29, 0.717) is 5.69 Å². The topological polar surface area (TPSA) is 96.3 Å². The zero-order chi connectivity index (χ0) is 16.1. The molecule has 0 saturated carbocycles. The van der Waals surface area contributed by atoms with Gasteiger partial charge in [-0.25, -0.2) is 0 Å². The molecular weight excluding hydrogens is 272 g/mol. The summed E-state index contributed by atoms with van der Waals surface area (Å²) in [4.78, 5) is 20.3. The number of nitro benzene ring substituents is 1. The Kier molecular flexibility index (Phi) is 10.5. The van der Waals surface area contributed by atoms with Crippen molar-refractivity contribution in [1.29, 1.82) is 0 Å². The molecule has 0 bridgehead atoms. The number of nitro groups is 1. The number of amides is 1. The lowest BCUT2D eigenvalue weighted by Crippen LogP contribution is -2.26. The van der Waals surface area contributed by atoms with Gasteiger partial charge in [-0.05, 0) is 32.1 Å². The first-order valence-corrected chi connectivity index (χ1v) is 6.92. The van der Waals surface area contributed by atoms with Crippen molar-refractivity contribution >= 4 is 17.3 Å². The smallest absolute Gasteiger partial charge is 0.269 e. The maximum Gasteiger partial charge on any atom is 0.269 e. The number of hydrazine groups is 1. The SMILES string of the molecule is CC(=O)NNc1ccc([N+](=O)[O-])cc1.CCCCCNC. The first-order chi connectivity index (χ1) is 10.0. The molecule has 0 unspecified atom stereocenters. The Hall–Kier alpha value is -2.15. The van der Waals surface area contributed by atoms with Gasteiger partial charge >= 0.3 is 0 Å². The van der Waals surface area contributed by atoms with Crippen LogP contribution in [0.3, 0.4) is 0 Å². The Balaban J connectivity index is 0.000000486. The van der Waals surface area contributed by atoms with Crippen LogP contribution in [0.15, 0.2) is 24.3 Å². The highest BCUT2D eigenvalue weighted by Gasteiger charge is 2.03. The van der Waals surface area contributed by atoms with E-state index in [-0.39, 0.29) is 11.6 Å². The summed E-state index contributed by atoms with van der Waals surface area (Å²) < 4.78 is 0. The molecule has 7 nitrogen and oxygen atoms in total. The van der Waals surface area contributed by atoms with E-state index in [4.69, 9.17) is 0 Å². The molecule has 0 aliphatic rings. The van der Waals surface area contributed by atoms with Gasteiger partial charge in [0.15, 0.2) is 0 Å². The zero-order valence-corrected chi connectivity index (χ0v) is 12.8. The predicted octanol–water partition coefficient (Wildman–Crippen LogP) is 2.45. The second-order valence-electron chi connectivity index (χ2n) is 4.42. The van der Waals surface area contributed by atoms with Gasteiger partial charge in [0.1, 0.15) is 0 Å². The van der Waals surface area contributed by atoms with E-state index in [1.54, 1.807) is 0 Å². The van der Waals surface area contributed by atoms with Crippen LogP contribution in [0.25, 0.3) is 0 Å². The van der Waals surface area contributed by atoms with Gasteiger partial charge in [0.25, 0.3) is 5.69 Å². The normalized spacial score (nSPS) is 9.29. The fourth-order valence-electron chi connectivity index (χ4n) is 1.38. The zero-order valence-electron chi connectivity index (χ0n) is 12.8. The highest BCUT2D eigenvalue weighted by molar-refractivity contribution is 5.74. The lowest BCUT2D eigenvalue weighted by Gasteiger charge is -2.04. The van der Waals surface area contributed by atoms with Gasteiger partial charge in [-0.15, -0.1) is 0 Å². The highest BCUT2D eigenvalue weighted by Crippen LogP contribution is 2.14. The minimum Gasteiger partial charge on any atom is -0.320 e. The van der Waals surface area contributed by atoms with Crippen molar-refractivity contribution < 1.29 is 9.72 Å². The summed E-state index contributed by atoms with van der Waals surface area (Å²) in [5.74, 6) is -0.233. The summed E-state index contributed by atoms with van der Waals surface area (Å²) >= 11 is 0. The number of nitrogens with zero attached hydrogens (tertiary/aromatic N) is 1. The third-order valence-electron chi connectivity index (χ3n) is 2.49. The maximum absolute atomic E-state index is 10.5. The molecular formula is C14H24N4O3. The van der Waals surface area contributed by atoms with Gasteiger partial charge < -0.3 is 5.32 Å². The van der Waals surface area contributed by atoms with E-state index in [1.807, 2.05) is 7.05 Å². The molecule has 1 rings (SSSR count). The van der Waals surface area contributed by atoms with E-state index in [0.717, 1.165) is 0 Å². The molecule has 0 saturated heterocycles. The number of carbonyl (C=O) groups excluding carboxylic acids is 1. The fourth-order valence-corrected chi connectivity index (χ4v) is 1.38. The summed E-state index contributed by atoms with van der Waals surface area (Å²) in [7, 11) is 2.00. The average Bonchev–Trinajstić information content (AvgIpc) is 2.47. The summed E-state index contributed by atoms with van der Waals surface area (Å²) in [6.45, 7) is 4.75. The Morgan fingerprint density at radius 2 is 1.86 bits per heavy atom. The molecule has 0 aliphatic heterocycles. The second-order valence-corrected chi connectivity index (χ2v) is 4.42. The van der Waals surface area contributed by atoms with Crippen molar-refractivity contribution in [2.45, 2.75) is 33.1 Å². The van der Waals surface area contributed by atoms with Gasteiger partial charge in [0, 0.05) is 19.1 Å². The number of nitrogens with one attached hydrogen (secondary N) is 3. The third-order valence-corrected chi connectivity index (χ3v) is 2.49. The number of benzene rings is 1. The molecule has 0 aliphatic carbocycles. The molecule has 3 N–H and O–H groups in total. The molecule has 1 amide bonds. The molecule has 0 atom stereocenters. The molecule has 21 heavy (non-hydrogen) atoms. The lowest BCUT2D eigenvalue weighted by atomic mass is 10.2. The van der Waals surface area contributed by atoms with Crippen LogP contribution in [0.2, 0.25) is 0 Å². The van der Waals surface area contributed by atoms with E-state index < -0.39 is 4.92 Å². The van der Waals surface area contributed by atoms with Crippen LogP contribution < -0.4 is 16.2 Å². The Bertz CT molecular complexity index is 417. The highest BCUT2D eigenvalue weighted by atomic mass is 16.6. The van der Waals surface area contributed by atoms with Crippen LogP contribution in [-0.4, -0.2) is 24.4 Å². The molecule has 1 aromatic carbocycles. The molecule has 0 aromatic heterocycles. The van der Waals surface area contributed by atoms with Crippen LogP contribution >= 0.6 is 0 Å². The van der Waals surface area contributed by atoms with Gasteiger partial charge in [-0.3, -0.25) is 25.8 Å². The van der Waals surface area contributed by atoms with E-state index >= 15 is 0 Å². The predicted molar refractivity (Wildman–Crippen MR) is 84.0 cm³/mol. The van der Waals surface area contributed by atoms with Crippen molar-refractivity contribution in [3.63, 3.8) is 0 Å². The monoisotopic (exact) mass is 296 g/mol. The maximum atomic E-state index is 10.5. The number of non-ortho nitro benzene ring substituents is 1. The second kappa shape index (κ2) is 11.7. The molecule has 7 heteroatoms. The van der Waals surface area contributed by atoms with Crippen LogP contribution in [0.5, 0.6) is 0 Å². The molecule has 118 valence electrons. The average molecular weight is 296 g/mol. The first kappa shape index (κ1) is 18.9. The van der Waals surface area contributed by atoms with Crippen molar-refractivity contribution in [1.82, 2.24) is 10.7 Å². The standard InChI is InChI=1S/C8H9N3O3.C6H15N/c1-6(12)9-10-7-2-4-8(5-3-7)11(13)14;1-3-4-5-6-7-2/h2-5,10H,1H3,(H,9,12);7H,3-6H2,1-2H3. The van der Waals surface area contributed by atoms with Crippen LogP contribution in [0.4, 0.5) is 11.4 Å². The van der Waals surface area contributed by atoms with Gasteiger partial charge in [0.05, 0.1) is 10.6 Å². The van der Waals surface area contributed by atoms with Gasteiger partial charge in [0.2, 0.25) is 5.91 Å². The molecule has 0 heterocycles. The first-order valence-electron chi connectivity index (χ1n) is 6.92. The number of carbonyl (C=O) groups is 1. The van der Waals surface area contributed by atoms with E-state index in [9.17, 15) is 14.9 Å². The lowest BCUT2D eigenvalue weighted by molar-refractivity contribution is -0.384. The van der Waals surface area contributed by atoms with Gasteiger partial charge in [-0.2, -0.15) is 0 Å². The number of rotatable bonds is 7. The van der Waals surface area contributed by atoms with Crippen molar-refractivity contribution in [3.8, 4) is 0 Å². The summed E-state index contributed by atoms with van der Waals surface area (Å²) in [6.07, 6.45) is 4.01. The number of anilines is 1. The van der Waals surface area contributed by atoms with E-state index in [2.05, 4.69) is 23.1 Å². The minimum atomic E-state index is -0.484. The summed E-state index contributed by atoms with van der Waals surface area (Å²) in [6, 6.07) is 5.72. The Labute approximate surface area is 125 Å². The Morgan fingerprint density at radius 3 is 2.29 bits per heavy atom. The number of hydrogen-bond donors (Lipinski definition) is 3. The molecule has 0 fully saturated rings.